The Morgan fingerprint density at radius 1 is 0.340 bits per heavy atom. The molecule has 3 nitrogen and oxygen atoms in total. The van der Waals surface area contributed by atoms with Crippen molar-refractivity contribution in [3.63, 3.8) is 0 Å². The zero-order chi connectivity index (χ0) is 34.9. The average Bonchev–Trinajstić information content (AvgIpc) is 3.63. The maximum atomic E-state index is 6.82. The molecule has 0 saturated carbocycles. The van der Waals surface area contributed by atoms with Crippen LogP contribution in [0.3, 0.4) is 0 Å². The normalized spacial score (nSPS) is 11.8. The molecule has 9 aromatic carbocycles. The number of furan rings is 1. The monoisotopic (exact) mass is 674 g/mol. The number of benzene rings is 9. The third-order valence-electron chi connectivity index (χ3n) is 10.6. The van der Waals surface area contributed by atoms with Crippen molar-refractivity contribution in [2.75, 3.05) is 0 Å². The molecule has 53 heavy (non-hydrogen) atoms. The van der Waals surface area contributed by atoms with E-state index in [1.165, 1.54) is 26.9 Å². The molecule has 0 bridgehead atoms. The fourth-order valence-electron chi connectivity index (χ4n) is 8.22. The third kappa shape index (κ3) is 4.68. The standard InChI is InChI=1S/C50H30N2O/c1-2-14-31(15-3-1)48-40-24-8-10-26-44(40)51-50(52-48)35-19-13-17-33(29-35)32-16-12-18-34(28-32)42-30-43-38-22-5-4-20-36(38)37-21-6-7-23-39(37)46(43)49-47(42)41-25-9-11-27-45(41)53-49/h1-30H. The summed E-state index contributed by atoms with van der Waals surface area (Å²) in [5.41, 5.74) is 10.2. The van der Waals surface area contributed by atoms with E-state index in [1.807, 2.05) is 18.2 Å². The summed E-state index contributed by atoms with van der Waals surface area (Å²) >= 11 is 0. The summed E-state index contributed by atoms with van der Waals surface area (Å²) in [6.45, 7) is 0. The van der Waals surface area contributed by atoms with Gasteiger partial charge in [-0.3, -0.25) is 0 Å². The molecule has 0 aliphatic heterocycles. The van der Waals surface area contributed by atoms with Gasteiger partial charge in [0, 0.05) is 32.7 Å². The highest BCUT2D eigenvalue weighted by Gasteiger charge is 2.20. The Morgan fingerprint density at radius 3 is 1.66 bits per heavy atom. The third-order valence-corrected chi connectivity index (χ3v) is 10.6. The van der Waals surface area contributed by atoms with E-state index in [0.29, 0.717) is 5.82 Å². The molecule has 0 aliphatic carbocycles. The molecule has 0 aliphatic rings. The van der Waals surface area contributed by atoms with Gasteiger partial charge in [-0.05, 0) is 79.5 Å². The van der Waals surface area contributed by atoms with E-state index < -0.39 is 0 Å². The van der Waals surface area contributed by atoms with Crippen LogP contribution in [0.2, 0.25) is 0 Å². The van der Waals surface area contributed by atoms with Crippen molar-refractivity contribution >= 4 is 65.2 Å². The summed E-state index contributed by atoms with van der Waals surface area (Å²) in [6, 6.07) is 64.3. The zero-order valence-corrected chi connectivity index (χ0v) is 28.6. The van der Waals surface area contributed by atoms with E-state index in [0.717, 1.165) is 77.3 Å². The van der Waals surface area contributed by atoms with Crippen LogP contribution in [0.5, 0.6) is 0 Å². The predicted molar refractivity (Wildman–Crippen MR) is 221 cm³/mol. The van der Waals surface area contributed by atoms with Gasteiger partial charge in [0.15, 0.2) is 5.82 Å². The van der Waals surface area contributed by atoms with Gasteiger partial charge in [0.1, 0.15) is 11.2 Å². The molecule has 0 atom stereocenters. The van der Waals surface area contributed by atoms with Gasteiger partial charge < -0.3 is 4.42 Å². The molecule has 0 fully saturated rings. The Balaban J connectivity index is 1.12. The van der Waals surface area contributed by atoms with Crippen molar-refractivity contribution in [1.29, 1.82) is 0 Å². The van der Waals surface area contributed by atoms with Gasteiger partial charge in [0.05, 0.1) is 11.2 Å². The molecule has 0 spiro atoms. The zero-order valence-electron chi connectivity index (χ0n) is 28.6. The van der Waals surface area contributed by atoms with Crippen molar-refractivity contribution in [2.45, 2.75) is 0 Å². The molecule has 246 valence electrons. The first-order valence-electron chi connectivity index (χ1n) is 18.0. The molecule has 2 heterocycles. The second-order valence-corrected chi connectivity index (χ2v) is 13.7. The number of hydrogen-bond donors (Lipinski definition) is 0. The Bertz CT molecular complexity index is 3230. The number of para-hydroxylation sites is 2. The first-order chi connectivity index (χ1) is 26.3. The van der Waals surface area contributed by atoms with Crippen LogP contribution in [0.25, 0.3) is 110 Å². The number of aromatic nitrogens is 2. The fraction of sp³-hybridized carbons (Fsp3) is 0. The summed E-state index contributed by atoms with van der Waals surface area (Å²) in [4.78, 5) is 10.2. The molecule has 0 N–H and O–H groups in total. The lowest BCUT2D eigenvalue weighted by Crippen LogP contribution is -1.95. The fourth-order valence-corrected chi connectivity index (χ4v) is 8.22. The molecule has 0 radical (unpaired) electrons. The highest BCUT2D eigenvalue weighted by molar-refractivity contribution is 6.34. The van der Waals surface area contributed by atoms with Gasteiger partial charge in [-0.15, -0.1) is 0 Å². The second kappa shape index (κ2) is 11.7. The van der Waals surface area contributed by atoms with Crippen LogP contribution in [0, 0.1) is 0 Å². The summed E-state index contributed by atoms with van der Waals surface area (Å²) in [5.74, 6) is 0.709. The second-order valence-electron chi connectivity index (χ2n) is 13.7. The molecule has 0 unspecified atom stereocenters. The molecular weight excluding hydrogens is 645 g/mol. The van der Waals surface area contributed by atoms with Crippen LogP contribution in [0.1, 0.15) is 0 Å². The van der Waals surface area contributed by atoms with E-state index in [9.17, 15) is 0 Å². The minimum Gasteiger partial charge on any atom is -0.455 e. The number of hydrogen-bond acceptors (Lipinski definition) is 3. The SMILES string of the molecule is c1ccc(-c2nc(-c3cccc(-c4cccc(-c5cc6c7ccccc7c7ccccc7c6c6oc7ccccc7c56)c4)c3)nc3ccccc23)cc1. The van der Waals surface area contributed by atoms with Crippen molar-refractivity contribution < 1.29 is 4.42 Å². The highest BCUT2D eigenvalue weighted by atomic mass is 16.3. The molecule has 3 heteroatoms. The van der Waals surface area contributed by atoms with Crippen molar-refractivity contribution in [2.24, 2.45) is 0 Å². The maximum Gasteiger partial charge on any atom is 0.160 e. The van der Waals surface area contributed by atoms with Gasteiger partial charge >= 0.3 is 0 Å². The minimum absolute atomic E-state index is 0.709. The smallest absolute Gasteiger partial charge is 0.160 e. The summed E-state index contributed by atoms with van der Waals surface area (Å²) in [7, 11) is 0. The largest absolute Gasteiger partial charge is 0.455 e. The van der Waals surface area contributed by atoms with Gasteiger partial charge in [-0.1, -0.05) is 152 Å². The van der Waals surface area contributed by atoms with Crippen molar-refractivity contribution in [1.82, 2.24) is 9.97 Å². The van der Waals surface area contributed by atoms with E-state index in [1.54, 1.807) is 0 Å². The quantitative estimate of drug-likeness (QED) is 0.174. The van der Waals surface area contributed by atoms with Crippen LogP contribution in [-0.2, 0) is 0 Å². The van der Waals surface area contributed by atoms with Gasteiger partial charge in [-0.2, -0.15) is 0 Å². The Morgan fingerprint density at radius 2 is 0.887 bits per heavy atom. The van der Waals surface area contributed by atoms with E-state index in [4.69, 9.17) is 14.4 Å². The summed E-state index contributed by atoms with van der Waals surface area (Å²) in [5, 5.41) is 10.5. The predicted octanol–water partition coefficient (Wildman–Crippen LogP) is 13.7. The molecule has 0 amide bonds. The molecule has 11 aromatic rings. The molecule has 11 rings (SSSR count). The van der Waals surface area contributed by atoms with Crippen LogP contribution in [0.15, 0.2) is 186 Å². The number of nitrogens with zero attached hydrogens (tertiary/aromatic N) is 2. The summed E-state index contributed by atoms with van der Waals surface area (Å²) in [6.07, 6.45) is 0. The topological polar surface area (TPSA) is 38.9 Å². The Labute approximate surface area is 305 Å². The lowest BCUT2D eigenvalue weighted by Gasteiger charge is -2.14. The van der Waals surface area contributed by atoms with Crippen LogP contribution in [0.4, 0.5) is 0 Å². The summed E-state index contributed by atoms with van der Waals surface area (Å²) < 4.78 is 6.82. The van der Waals surface area contributed by atoms with Gasteiger partial charge in [-0.25, -0.2) is 9.97 Å². The van der Waals surface area contributed by atoms with Crippen molar-refractivity contribution in [3.8, 4) is 44.9 Å². The van der Waals surface area contributed by atoms with Gasteiger partial charge in [0.2, 0.25) is 0 Å². The van der Waals surface area contributed by atoms with Gasteiger partial charge in [0.25, 0.3) is 0 Å². The first-order valence-corrected chi connectivity index (χ1v) is 18.0. The van der Waals surface area contributed by atoms with Crippen molar-refractivity contribution in [3.05, 3.63) is 182 Å². The molecular formula is C50H30N2O. The number of rotatable bonds is 4. The van der Waals surface area contributed by atoms with E-state index in [2.05, 4.69) is 164 Å². The van der Waals surface area contributed by atoms with E-state index >= 15 is 0 Å². The van der Waals surface area contributed by atoms with Crippen LogP contribution >= 0.6 is 0 Å². The molecule has 0 saturated heterocycles. The van der Waals surface area contributed by atoms with Crippen LogP contribution in [-0.4, -0.2) is 9.97 Å². The molecule has 2 aromatic heterocycles. The Hall–Kier alpha value is -7.10. The lowest BCUT2D eigenvalue weighted by atomic mass is 9.88. The minimum atomic E-state index is 0.709. The maximum absolute atomic E-state index is 6.82. The first kappa shape index (κ1) is 29.6. The lowest BCUT2D eigenvalue weighted by molar-refractivity contribution is 0.673. The highest BCUT2D eigenvalue weighted by Crippen LogP contribution is 2.46. The number of fused-ring (bicyclic) bond motifs is 11. The Kier molecular flexibility index (Phi) is 6.55. The van der Waals surface area contributed by atoms with Crippen LogP contribution < -0.4 is 0 Å². The average molecular weight is 675 g/mol. The van der Waals surface area contributed by atoms with E-state index in [-0.39, 0.29) is 0 Å².